The van der Waals surface area contributed by atoms with Gasteiger partial charge in [-0.1, -0.05) is 63.9 Å². The topological polar surface area (TPSA) is 179 Å². The summed E-state index contributed by atoms with van der Waals surface area (Å²) in [6.07, 6.45) is 10.8. The molecule has 5 N–H and O–H groups in total. The molecule has 3 aromatic heterocycles. The number of nitrogens with one attached hydrogen (secondary N) is 5. The Labute approximate surface area is 425 Å². The van der Waals surface area contributed by atoms with Gasteiger partial charge in [0.05, 0.1) is 30.7 Å². The third kappa shape index (κ3) is 10.8. The van der Waals surface area contributed by atoms with Gasteiger partial charge in [0.1, 0.15) is 33.2 Å². The van der Waals surface area contributed by atoms with E-state index in [1.807, 2.05) is 12.1 Å². The third-order valence-corrected chi connectivity index (χ3v) is 16.6. The molecular formula is C55H64F2N10O5S. The SMILES string of the molecule is CC(C)c1ccccc1[C@@H]1CN(Cc2ccc(F)c(F)c2)CCN1C1CCN(c2ccc(C(=O)NS(=O)(=O)c3cc([NH+](C)[O-])c(NC[C@H]4CC[C@@H](C)CC4)c4[nH]cnc34)c(Oc3cnc4[nH]ccc4c3)c2)CC1. The van der Waals surface area contributed by atoms with Crippen molar-refractivity contribution in [3.63, 3.8) is 0 Å². The number of aromatic amines is 2. The molecule has 15 nitrogen and oxygen atoms in total. The summed E-state index contributed by atoms with van der Waals surface area (Å²) >= 11 is 0. The lowest BCUT2D eigenvalue weighted by Gasteiger charge is -2.48. The second-order valence-corrected chi connectivity index (χ2v) is 22.2. The number of hydrogen-bond donors (Lipinski definition) is 5. The number of pyridine rings is 1. The lowest BCUT2D eigenvalue weighted by Crippen LogP contribution is -2.98. The van der Waals surface area contributed by atoms with Crippen molar-refractivity contribution in [2.45, 2.75) is 88.7 Å². The highest BCUT2D eigenvalue weighted by molar-refractivity contribution is 7.90. The minimum atomic E-state index is -4.61. The number of halogens is 2. The van der Waals surface area contributed by atoms with Gasteiger partial charge >= 0.3 is 0 Å². The van der Waals surface area contributed by atoms with Crippen LogP contribution in [0.3, 0.4) is 0 Å². The highest BCUT2D eigenvalue weighted by atomic mass is 32.2. The Morgan fingerprint density at radius 1 is 0.918 bits per heavy atom. The van der Waals surface area contributed by atoms with Crippen LogP contribution in [0.1, 0.15) is 98.3 Å². The number of benzene rings is 4. The van der Waals surface area contributed by atoms with Crippen molar-refractivity contribution in [2.24, 2.45) is 11.8 Å². The molecule has 2 aliphatic heterocycles. The lowest BCUT2D eigenvalue weighted by molar-refractivity contribution is -0.750. The van der Waals surface area contributed by atoms with E-state index >= 15 is 0 Å². The van der Waals surface area contributed by atoms with Gasteiger partial charge in [0.25, 0.3) is 15.9 Å². The fraction of sp³-hybridized carbons (Fsp3) is 0.400. The van der Waals surface area contributed by atoms with Gasteiger partial charge in [-0.3, -0.25) is 14.6 Å². The molecule has 4 aromatic carbocycles. The second kappa shape index (κ2) is 21.2. The van der Waals surface area contributed by atoms with E-state index in [9.17, 15) is 27.2 Å². The van der Waals surface area contributed by atoms with Gasteiger partial charge in [-0.05, 0) is 96.5 Å². The summed E-state index contributed by atoms with van der Waals surface area (Å²) in [7, 11) is -3.22. The van der Waals surface area contributed by atoms with E-state index in [1.54, 1.807) is 36.7 Å². The standard InChI is InChI=1S/C55H64F2N10O5S/c1-34(2)42-7-5-6-8-43(42)48-32-65(31-37-13-16-45(56)46(57)25-37)23-24-67(48)39-18-21-66(22-19-39)40-14-15-44(49(27-40)72-41-26-38-17-20-58-54(38)60-30-41)55(68)63-73(70,71)50-28-47(64(4)69)51(53-52(50)61-33-62-53)59-29-36-11-9-35(3)10-12-36/h5-8,13-17,20,25-28,30,33-36,39,48,59,64H,9-12,18-19,21-24,29,31-32H2,1-4H3,(H,58,60)(H,61,62)(H,63,68)/t35-,36+,48-/m0/s1. The first-order chi connectivity index (χ1) is 35.2. The average Bonchev–Trinajstić information content (AvgIpc) is 4.08. The number of nitrogens with zero attached hydrogens (tertiary/aromatic N) is 5. The number of piperazine rings is 1. The van der Waals surface area contributed by atoms with Crippen LogP contribution in [0.4, 0.5) is 25.8 Å². The third-order valence-electron chi connectivity index (χ3n) is 15.3. The minimum Gasteiger partial charge on any atom is -0.629 e. The number of fused-ring (bicyclic) bond motifs is 2. The maximum absolute atomic E-state index is 14.4. The number of quaternary nitrogens is 1. The number of hydroxylamine groups is 1. The molecule has 1 amide bonds. The van der Waals surface area contributed by atoms with Crippen molar-refractivity contribution < 1.29 is 31.8 Å². The fourth-order valence-corrected chi connectivity index (χ4v) is 12.4. The number of aromatic nitrogens is 4. The van der Waals surface area contributed by atoms with Crippen LogP contribution in [-0.2, 0) is 16.6 Å². The van der Waals surface area contributed by atoms with Crippen LogP contribution >= 0.6 is 0 Å². The van der Waals surface area contributed by atoms with Gasteiger partial charge in [0.2, 0.25) is 0 Å². The van der Waals surface area contributed by atoms with Crippen LogP contribution in [-0.4, -0.2) is 96.4 Å². The van der Waals surface area contributed by atoms with Crippen LogP contribution in [0, 0.1) is 28.7 Å². The molecule has 1 saturated carbocycles. The molecule has 1 aliphatic carbocycles. The molecule has 73 heavy (non-hydrogen) atoms. The van der Waals surface area contributed by atoms with Gasteiger partial charge in [0.15, 0.2) is 17.3 Å². The van der Waals surface area contributed by atoms with E-state index in [2.05, 4.69) is 89.7 Å². The summed E-state index contributed by atoms with van der Waals surface area (Å²) in [5, 5.41) is 17.1. The smallest absolute Gasteiger partial charge is 0.268 e. The monoisotopic (exact) mass is 1010 g/mol. The van der Waals surface area contributed by atoms with Crippen molar-refractivity contribution in [1.82, 2.24) is 34.5 Å². The van der Waals surface area contributed by atoms with Crippen LogP contribution in [0.2, 0.25) is 0 Å². The van der Waals surface area contributed by atoms with Crippen molar-refractivity contribution in [3.8, 4) is 11.5 Å². The summed E-state index contributed by atoms with van der Waals surface area (Å²) in [6, 6.07) is 23.2. The molecule has 18 heteroatoms. The Kier molecular flexibility index (Phi) is 14.5. The maximum Gasteiger partial charge on any atom is 0.268 e. The number of carbonyl (C=O) groups excluding carboxylic acids is 1. The summed E-state index contributed by atoms with van der Waals surface area (Å²) in [4.78, 5) is 36.3. The molecule has 1 unspecified atom stereocenters. The molecule has 0 spiro atoms. The van der Waals surface area contributed by atoms with E-state index in [1.165, 1.54) is 42.7 Å². The minimum absolute atomic E-state index is 0.0190. The van der Waals surface area contributed by atoms with Gasteiger partial charge in [-0.15, -0.1) is 0 Å². The van der Waals surface area contributed by atoms with Crippen molar-refractivity contribution in [2.75, 3.05) is 56.5 Å². The summed E-state index contributed by atoms with van der Waals surface area (Å²) in [5.41, 5.74) is 5.89. The van der Waals surface area contributed by atoms with Crippen molar-refractivity contribution in [1.29, 1.82) is 0 Å². The average molecular weight is 1020 g/mol. The van der Waals surface area contributed by atoms with E-state index < -0.39 is 27.6 Å². The number of piperidine rings is 1. The van der Waals surface area contributed by atoms with Gasteiger partial charge in [-0.2, -0.15) is 0 Å². The number of hydrogen-bond acceptors (Lipinski definition) is 11. The van der Waals surface area contributed by atoms with E-state index in [0.717, 1.165) is 74.8 Å². The molecule has 3 fully saturated rings. The van der Waals surface area contributed by atoms with E-state index in [0.29, 0.717) is 66.5 Å². The lowest BCUT2D eigenvalue weighted by atomic mass is 9.83. The highest BCUT2D eigenvalue weighted by Crippen LogP contribution is 2.39. The van der Waals surface area contributed by atoms with E-state index in [4.69, 9.17) is 4.74 Å². The van der Waals surface area contributed by atoms with Crippen molar-refractivity contribution >= 4 is 55.1 Å². The summed E-state index contributed by atoms with van der Waals surface area (Å²) in [6.45, 7) is 11.6. The molecule has 10 rings (SSSR count). The fourth-order valence-electron chi connectivity index (χ4n) is 11.2. The molecule has 0 bridgehead atoms. The predicted octanol–water partition coefficient (Wildman–Crippen LogP) is 9.16. The molecule has 384 valence electrons. The number of rotatable bonds is 15. The first-order valence-corrected chi connectivity index (χ1v) is 27.0. The normalized spacial score (nSPS) is 19.9. The number of sulfonamides is 1. The quantitative estimate of drug-likeness (QED) is 0.0619. The first kappa shape index (κ1) is 50.1. The van der Waals surface area contributed by atoms with Crippen LogP contribution < -0.4 is 24.7 Å². The number of imidazole rings is 1. The number of anilines is 2. The second-order valence-electron chi connectivity index (χ2n) is 20.5. The molecule has 5 heterocycles. The van der Waals surface area contributed by atoms with Crippen LogP contribution in [0.15, 0.2) is 102 Å². The number of carbonyl (C=O) groups is 1. The molecule has 2 atom stereocenters. The van der Waals surface area contributed by atoms with Crippen LogP contribution in [0.5, 0.6) is 11.5 Å². The zero-order valence-electron chi connectivity index (χ0n) is 41.8. The number of amides is 1. The highest BCUT2D eigenvalue weighted by Gasteiger charge is 2.37. The summed E-state index contributed by atoms with van der Waals surface area (Å²) < 4.78 is 65.6. The molecular weight excluding hydrogens is 951 g/mol. The Morgan fingerprint density at radius 2 is 1.71 bits per heavy atom. The Balaban J connectivity index is 0.896. The molecule has 3 aliphatic rings. The Hall–Kier alpha value is -6.44. The van der Waals surface area contributed by atoms with Crippen LogP contribution in [0.25, 0.3) is 22.1 Å². The Morgan fingerprint density at radius 3 is 2.48 bits per heavy atom. The zero-order chi connectivity index (χ0) is 51.0. The molecule has 2 saturated heterocycles. The molecule has 0 radical (unpaired) electrons. The number of ether oxygens (including phenoxy) is 1. The van der Waals surface area contributed by atoms with E-state index in [-0.39, 0.29) is 44.6 Å². The summed E-state index contributed by atoms with van der Waals surface area (Å²) in [5.74, 6) is -0.707. The predicted molar refractivity (Wildman–Crippen MR) is 280 cm³/mol. The maximum atomic E-state index is 14.4. The largest absolute Gasteiger partial charge is 0.629 e. The number of H-pyrrole nitrogens is 2. The zero-order valence-corrected chi connectivity index (χ0v) is 42.6. The van der Waals surface area contributed by atoms with Gasteiger partial charge in [-0.25, -0.2) is 31.9 Å². The van der Waals surface area contributed by atoms with Crippen molar-refractivity contribution in [3.05, 3.63) is 137 Å². The van der Waals surface area contributed by atoms with Gasteiger partial charge < -0.3 is 35.2 Å². The first-order valence-electron chi connectivity index (χ1n) is 25.5. The Bertz CT molecular complexity index is 3220. The van der Waals surface area contributed by atoms with Gasteiger partial charge in [0, 0.05) is 87.3 Å². The molecule has 7 aromatic rings.